The molecule has 5 rings (SSSR count). The Morgan fingerprint density at radius 3 is 2.31 bits per heavy atom. The van der Waals surface area contributed by atoms with Crippen LogP contribution in [-0.4, -0.2) is 35.7 Å². The summed E-state index contributed by atoms with van der Waals surface area (Å²) in [5.74, 6) is -0.778. The van der Waals surface area contributed by atoms with Crippen LogP contribution in [0.4, 0.5) is 18.0 Å². The van der Waals surface area contributed by atoms with Gasteiger partial charge >= 0.3 is 12.3 Å². The van der Waals surface area contributed by atoms with Gasteiger partial charge in [-0.2, -0.15) is 13.2 Å². The highest BCUT2D eigenvalue weighted by Gasteiger charge is 2.81. The van der Waals surface area contributed by atoms with Crippen LogP contribution in [0.3, 0.4) is 0 Å². The molecule has 0 aromatic heterocycles. The van der Waals surface area contributed by atoms with Crippen molar-refractivity contribution in [3.05, 3.63) is 34.9 Å². The Hall–Kier alpha value is -1.96. The lowest BCUT2D eigenvalue weighted by Crippen LogP contribution is -2.71. The molecular formula is C17H16ClF3N2O3. The topological polar surface area (TPSA) is 72.6 Å². The van der Waals surface area contributed by atoms with Crippen LogP contribution in [0.25, 0.3) is 0 Å². The predicted molar refractivity (Wildman–Crippen MR) is 85.1 cm³/mol. The van der Waals surface area contributed by atoms with Gasteiger partial charge in [-0.3, -0.25) is 9.69 Å². The van der Waals surface area contributed by atoms with E-state index in [2.05, 4.69) is 0 Å². The van der Waals surface area contributed by atoms with Crippen molar-refractivity contribution in [3.63, 3.8) is 0 Å². The molecule has 140 valence electrons. The number of cyclic esters (lactones) is 1. The second kappa shape index (κ2) is 5.28. The van der Waals surface area contributed by atoms with Gasteiger partial charge in [-0.15, -0.1) is 0 Å². The maximum atomic E-state index is 13.2. The number of primary amides is 1. The standard InChI is InChI=1S/C17H16ClF3N2O3/c18-10-3-1-9(2-4-10)12(23-5-11(13(22)24)26-14(23)25)15-6-16(7-15,8-15)17(19,20)21/h1-4,11-12H,5-8H2,(H2,22,24)/t11?,12-,15?,16?/m0/s1. The Labute approximate surface area is 152 Å². The zero-order valence-electron chi connectivity index (χ0n) is 13.6. The van der Waals surface area contributed by atoms with Crippen molar-refractivity contribution >= 4 is 23.6 Å². The number of nitrogens with zero attached hydrogens (tertiary/aromatic N) is 1. The Bertz CT molecular complexity index is 761. The lowest BCUT2D eigenvalue weighted by atomic mass is 9.32. The molecule has 1 aromatic carbocycles. The summed E-state index contributed by atoms with van der Waals surface area (Å²) in [6.07, 6.45) is -6.20. The summed E-state index contributed by atoms with van der Waals surface area (Å²) in [6.45, 7) is -0.0672. The molecule has 3 aliphatic carbocycles. The van der Waals surface area contributed by atoms with Crippen molar-refractivity contribution in [2.75, 3.05) is 6.54 Å². The Balaban J connectivity index is 1.66. The number of benzene rings is 1. The van der Waals surface area contributed by atoms with Gasteiger partial charge in [0.25, 0.3) is 5.91 Å². The van der Waals surface area contributed by atoms with Crippen LogP contribution >= 0.6 is 11.6 Å². The summed E-state index contributed by atoms with van der Waals surface area (Å²) in [7, 11) is 0. The first kappa shape index (κ1) is 17.5. The van der Waals surface area contributed by atoms with Crippen LogP contribution in [0.5, 0.6) is 0 Å². The minimum Gasteiger partial charge on any atom is -0.434 e. The molecule has 1 aliphatic heterocycles. The van der Waals surface area contributed by atoms with E-state index in [0.717, 1.165) is 0 Å². The largest absolute Gasteiger partial charge is 0.434 e. The molecule has 4 aliphatic rings. The van der Waals surface area contributed by atoms with Crippen LogP contribution in [0.1, 0.15) is 30.9 Å². The van der Waals surface area contributed by atoms with E-state index in [9.17, 15) is 22.8 Å². The minimum atomic E-state index is -4.25. The van der Waals surface area contributed by atoms with E-state index in [1.54, 1.807) is 24.3 Å². The molecule has 5 nitrogen and oxygen atoms in total. The molecule has 26 heavy (non-hydrogen) atoms. The van der Waals surface area contributed by atoms with Gasteiger partial charge in [0.15, 0.2) is 6.10 Å². The molecule has 1 saturated heterocycles. The second-order valence-corrected chi connectivity index (χ2v) is 7.99. The van der Waals surface area contributed by atoms with Gasteiger partial charge in [0, 0.05) is 5.02 Å². The van der Waals surface area contributed by atoms with E-state index < -0.39 is 41.2 Å². The highest BCUT2D eigenvalue weighted by atomic mass is 35.5. The molecule has 4 fully saturated rings. The van der Waals surface area contributed by atoms with E-state index >= 15 is 0 Å². The molecule has 0 spiro atoms. The number of carbonyl (C=O) groups is 2. The molecule has 2 atom stereocenters. The number of carbonyl (C=O) groups excluding carboxylic acids is 2. The third-order valence-corrected chi connectivity index (χ3v) is 6.16. The minimum absolute atomic E-state index is 0.0399. The first-order valence-corrected chi connectivity index (χ1v) is 8.54. The molecule has 0 radical (unpaired) electrons. The number of hydrogen-bond donors (Lipinski definition) is 1. The Morgan fingerprint density at radius 1 is 1.27 bits per heavy atom. The zero-order chi connectivity index (χ0) is 18.9. The zero-order valence-corrected chi connectivity index (χ0v) is 14.3. The van der Waals surface area contributed by atoms with E-state index in [1.165, 1.54) is 4.90 Å². The molecular weight excluding hydrogens is 373 g/mol. The first-order valence-electron chi connectivity index (χ1n) is 8.16. The fraction of sp³-hybridized carbons (Fsp3) is 0.529. The molecule has 1 heterocycles. The van der Waals surface area contributed by atoms with Crippen LogP contribution in [-0.2, 0) is 9.53 Å². The SMILES string of the molecule is NC(=O)C1CN([C@@H](c2ccc(Cl)cc2)C23CC(C(F)(F)F)(C2)C3)C(=O)O1. The van der Waals surface area contributed by atoms with Crippen molar-refractivity contribution in [1.29, 1.82) is 0 Å². The Kier molecular flexibility index (Phi) is 3.54. The van der Waals surface area contributed by atoms with Gasteiger partial charge in [0.1, 0.15) is 0 Å². The number of hydrogen-bond acceptors (Lipinski definition) is 3. The lowest BCUT2D eigenvalue weighted by molar-refractivity contribution is -0.375. The van der Waals surface area contributed by atoms with Crippen LogP contribution in [0.15, 0.2) is 24.3 Å². The number of nitrogens with two attached hydrogens (primary N) is 1. The maximum Gasteiger partial charge on any atom is 0.411 e. The maximum absolute atomic E-state index is 13.2. The fourth-order valence-electron chi connectivity index (χ4n) is 4.80. The normalized spacial score (nSPS) is 33.9. The average Bonchev–Trinajstić information content (AvgIpc) is 2.83. The van der Waals surface area contributed by atoms with Crippen molar-refractivity contribution in [2.24, 2.45) is 16.6 Å². The van der Waals surface area contributed by atoms with Gasteiger partial charge in [0.05, 0.1) is 18.0 Å². The monoisotopic (exact) mass is 388 g/mol. The van der Waals surface area contributed by atoms with Gasteiger partial charge < -0.3 is 10.5 Å². The average molecular weight is 389 g/mol. The number of halogens is 4. The van der Waals surface area contributed by atoms with E-state index in [4.69, 9.17) is 22.1 Å². The first-order chi connectivity index (χ1) is 12.1. The van der Waals surface area contributed by atoms with Crippen LogP contribution in [0, 0.1) is 10.8 Å². The summed E-state index contributed by atoms with van der Waals surface area (Å²) >= 11 is 5.91. The number of ether oxygens (including phenoxy) is 1. The van der Waals surface area contributed by atoms with E-state index in [1.807, 2.05) is 0 Å². The summed E-state index contributed by atoms with van der Waals surface area (Å²) in [4.78, 5) is 25.0. The molecule has 1 aromatic rings. The second-order valence-electron chi connectivity index (χ2n) is 7.55. The summed E-state index contributed by atoms with van der Waals surface area (Å²) in [5.41, 5.74) is 3.57. The van der Waals surface area contributed by atoms with E-state index in [-0.39, 0.29) is 25.8 Å². The Morgan fingerprint density at radius 2 is 1.85 bits per heavy atom. The van der Waals surface area contributed by atoms with Crippen LogP contribution < -0.4 is 5.73 Å². The molecule has 9 heteroatoms. The number of rotatable bonds is 4. The van der Waals surface area contributed by atoms with Gasteiger partial charge in [0.2, 0.25) is 0 Å². The van der Waals surface area contributed by atoms with Crippen molar-refractivity contribution in [1.82, 2.24) is 4.90 Å². The van der Waals surface area contributed by atoms with E-state index in [0.29, 0.717) is 10.6 Å². The lowest BCUT2D eigenvalue weighted by Gasteiger charge is -2.73. The highest BCUT2D eigenvalue weighted by molar-refractivity contribution is 6.30. The van der Waals surface area contributed by atoms with Crippen LogP contribution in [0.2, 0.25) is 5.02 Å². The predicted octanol–water partition coefficient (Wildman–Crippen LogP) is 3.42. The van der Waals surface area contributed by atoms with Gasteiger partial charge in [-0.25, -0.2) is 4.79 Å². The highest BCUT2D eigenvalue weighted by Crippen LogP contribution is 2.82. The molecule has 2 amide bonds. The molecule has 3 saturated carbocycles. The number of amides is 2. The third-order valence-electron chi connectivity index (χ3n) is 5.91. The third kappa shape index (κ3) is 2.31. The summed E-state index contributed by atoms with van der Waals surface area (Å²) < 4.78 is 44.7. The quantitative estimate of drug-likeness (QED) is 0.859. The fourth-order valence-corrected chi connectivity index (χ4v) is 4.93. The van der Waals surface area contributed by atoms with Crippen molar-refractivity contribution < 1.29 is 27.5 Å². The van der Waals surface area contributed by atoms with Gasteiger partial charge in [-0.1, -0.05) is 23.7 Å². The number of alkyl halides is 3. The summed E-state index contributed by atoms with van der Waals surface area (Å²) in [5, 5.41) is 0.482. The molecule has 2 bridgehead atoms. The van der Waals surface area contributed by atoms with Crippen molar-refractivity contribution in [2.45, 2.75) is 37.6 Å². The van der Waals surface area contributed by atoms with Gasteiger partial charge in [-0.05, 0) is 42.4 Å². The van der Waals surface area contributed by atoms with Crippen molar-refractivity contribution in [3.8, 4) is 0 Å². The smallest absolute Gasteiger partial charge is 0.411 e. The molecule has 1 unspecified atom stereocenters. The molecule has 2 N–H and O–H groups in total. The summed E-state index contributed by atoms with van der Waals surface area (Å²) in [6, 6.07) is 6.03.